The van der Waals surface area contributed by atoms with Crippen molar-refractivity contribution in [3.8, 4) is 11.5 Å². The Morgan fingerprint density at radius 2 is 1.79 bits per heavy atom. The number of aromatic nitrogens is 1. The van der Waals surface area contributed by atoms with E-state index in [0.29, 0.717) is 17.9 Å². The van der Waals surface area contributed by atoms with Crippen LogP contribution in [0.25, 0.3) is 10.9 Å². The molecule has 1 aromatic heterocycles. The maximum Gasteiger partial charge on any atom is 0.221 e. The molecule has 3 rings (SSSR count). The molecule has 5 heteroatoms. The lowest BCUT2D eigenvalue weighted by molar-refractivity contribution is -0.121. The van der Waals surface area contributed by atoms with Crippen LogP contribution in [-0.4, -0.2) is 30.7 Å². The zero-order chi connectivity index (χ0) is 20.3. The summed E-state index contributed by atoms with van der Waals surface area (Å²) in [5.74, 6) is 1.27. The molecule has 0 saturated heterocycles. The number of fused-ring (bicyclic) bond motifs is 1. The molecule has 1 heterocycles. The Bertz CT molecular complexity index is 975. The molecule has 1 N–H and O–H groups in total. The van der Waals surface area contributed by atoms with Crippen molar-refractivity contribution in [1.29, 1.82) is 0 Å². The van der Waals surface area contributed by atoms with E-state index in [1.807, 2.05) is 51.2 Å². The SMILES string of the molecule is COc1ccc([C@H](CC(=O)NC(C)C)c2cn(C)c3ccccc23)cc1OC. The normalized spacial score (nSPS) is 12.2. The zero-order valence-corrected chi connectivity index (χ0v) is 17.2. The number of rotatable bonds is 7. The fourth-order valence-electron chi connectivity index (χ4n) is 3.69. The topological polar surface area (TPSA) is 52.5 Å². The van der Waals surface area contributed by atoms with Gasteiger partial charge in [-0.15, -0.1) is 0 Å². The molecule has 1 amide bonds. The molecule has 3 aromatic rings. The number of para-hydroxylation sites is 1. The molecule has 0 bridgehead atoms. The number of carbonyl (C=O) groups excluding carboxylic acids is 1. The van der Waals surface area contributed by atoms with Gasteiger partial charge in [-0.2, -0.15) is 0 Å². The molecule has 28 heavy (non-hydrogen) atoms. The Labute approximate surface area is 166 Å². The lowest BCUT2D eigenvalue weighted by Crippen LogP contribution is -2.31. The maximum atomic E-state index is 12.7. The maximum absolute atomic E-state index is 12.7. The second-order valence-electron chi connectivity index (χ2n) is 7.31. The van der Waals surface area contributed by atoms with Crippen molar-refractivity contribution in [1.82, 2.24) is 9.88 Å². The first kappa shape index (κ1) is 19.8. The summed E-state index contributed by atoms with van der Waals surface area (Å²) in [7, 11) is 5.28. The van der Waals surface area contributed by atoms with Crippen LogP contribution in [0.4, 0.5) is 0 Å². The van der Waals surface area contributed by atoms with Crippen LogP contribution in [0.1, 0.15) is 37.3 Å². The number of aryl methyl sites for hydroxylation is 1. The van der Waals surface area contributed by atoms with Crippen molar-refractivity contribution in [3.05, 3.63) is 59.8 Å². The fourth-order valence-corrected chi connectivity index (χ4v) is 3.69. The van der Waals surface area contributed by atoms with Crippen LogP contribution >= 0.6 is 0 Å². The van der Waals surface area contributed by atoms with Crippen LogP contribution in [0.15, 0.2) is 48.7 Å². The van der Waals surface area contributed by atoms with Gasteiger partial charge in [-0.25, -0.2) is 0 Å². The van der Waals surface area contributed by atoms with Gasteiger partial charge in [-0.3, -0.25) is 4.79 Å². The second kappa shape index (κ2) is 8.38. The third-order valence-electron chi connectivity index (χ3n) is 4.95. The third-order valence-corrected chi connectivity index (χ3v) is 4.95. The van der Waals surface area contributed by atoms with Crippen molar-refractivity contribution >= 4 is 16.8 Å². The molecule has 0 unspecified atom stereocenters. The fraction of sp³-hybridized carbons (Fsp3) is 0.348. The second-order valence-corrected chi connectivity index (χ2v) is 7.31. The number of benzene rings is 2. The number of nitrogens with zero attached hydrogens (tertiary/aromatic N) is 1. The summed E-state index contributed by atoms with van der Waals surface area (Å²) in [5.41, 5.74) is 3.30. The smallest absolute Gasteiger partial charge is 0.221 e. The van der Waals surface area contributed by atoms with Gasteiger partial charge in [-0.1, -0.05) is 24.3 Å². The van der Waals surface area contributed by atoms with Crippen LogP contribution < -0.4 is 14.8 Å². The van der Waals surface area contributed by atoms with Gasteiger partial charge in [0.2, 0.25) is 5.91 Å². The first-order chi connectivity index (χ1) is 13.4. The number of nitrogens with one attached hydrogen (secondary N) is 1. The molecule has 0 spiro atoms. The van der Waals surface area contributed by atoms with Crippen molar-refractivity contribution in [2.24, 2.45) is 7.05 Å². The van der Waals surface area contributed by atoms with Crippen molar-refractivity contribution in [2.45, 2.75) is 32.2 Å². The highest BCUT2D eigenvalue weighted by Crippen LogP contribution is 2.38. The van der Waals surface area contributed by atoms with Gasteiger partial charge in [0.15, 0.2) is 11.5 Å². The first-order valence-corrected chi connectivity index (χ1v) is 9.49. The predicted octanol–water partition coefficient (Wildman–Crippen LogP) is 4.24. The van der Waals surface area contributed by atoms with E-state index in [1.165, 1.54) is 0 Å². The van der Waals surface area contributed by atoms with Crippen molar-refractivity contribution in [2.75, 3.05) is 14.2 Å². The van der Waals surface area contributed by atoms with Crippen molar-refractivity contribution in [3.63, 3.8) is 0 Å². The highest BCUT2D eigenvalue weighted by molar-refractivity contribution is 5.86. The van der Waals surface area contributed by atoms with E-state index in [1.54, 1.807) is 14.2 Å². The highest BCUT2D eigenvalue weighted by Gasteiger charge is 2.23. The summed E-state index contributed by atoms with van der Waals surface area (Å²) in [6.07, 6.45) is 2.48. The molecule has 0 radical (unpaired) electrons. The summed E-state index contributed by atoms with van der Waals surface area (Å²) in [6.45, 7) is 3.95. The van der Waals surface area contributed by atoms with E-state index in [-0.39, 0.29) is 17.9 Å². The predicted molar refractivity (Wildman–Crippen MR) is 112 cm³/mol. The van der Waals surface area contributed by atoms with E-state index < -0.39 is 0 Å². The van der Waals surface area contributed by atoms with Crippen LogP contribution in [0.2, 0.25) is 0 Å². The average molecular weight is 380 g/mol. The van der Waals surface area contributed by atoms with E-state index >= 15 is 0 Å². The molecule has 0 fully saturated rings. The Morgan fingerprint density at radius 3 is 2.46 bits per heavy atom. The van der Waals surface area contributed by atoms with Crippen molar-refractivity contribution < 1.29 is 14.3 Å². The number of hydrogen-bond acceptors (Lipinski definition) is 3. The van der Waals surface area contributed by atoms with Gasteiger partial charge in [0.1, 0.15) is 0 Å². The minimum atomic E-state index is -0.0929. The highest BCUT2D eigenvalue weighted by atomic mass is 16.5. The van der Waals surface area contributed by atoms with Gasteiger partial charge in [0, 0.05) is 42.5 Å². The minimum Gasteiger partial charge on any atom is -0.493 e. The lowest BCUT2D eigenvalue weighted by atomic mass is 9.87. The zero-order valence-electron chi connectivity index (χ0n) is 17.2. The molecule has 2 aromatic carbocycles. The number of amides is 1. The summed E-state index contributed by atoms with van der Waals surface area (Å²) < 4.78 is 13.0. The Kier molecular flexibility index (Phi) is 5.93. The van der Waals surface area contributed by atoms with E-state index in [0.717, 1.165) is 22.0 Å². The van der Waals surface area contributed by atoms with Gasteiger partial charge in [-0.05, 0) is 43.2 Å². The van der Waals surface area contributed by atoms with Gasteiger partial charge >= 0.3 is 0 Å². The third kappa shape index (κ3) is 3.98. The van der Waals surface area contributed by atoms with E-state index in [4.69, 9.17) is 9.47 Å². The Hall–Kier alpha value is -2.95. The van der Waals surface area contributed by atoms with Crippen LogP contribution in [0.5, 0.6) is 11.5 Å². The molecular weight excluding hydrogens is 352 g/mol. The standard InChI is InChI=1S/C23H28N2O3/c1-15(2)24-23(26)13-18(16-10-11-21(27-4)22(12-16)28-5)19-14-25(3)20-9-7-6-8-17(19)20/h6-12,14-15,18H,13H2,1-5H3,(H,24,26)/t18-/m0/s1. The summed E-state index contributed by atoms with van der Waals surface area (Å²) >= 11 is 0. The van der Waals surface area contributed by atoms with Crippen LogP contribution in [-0.2, 0) is 11.8 Å². The molecule has 0 aliphatic carbocycles. The van der Waals surface area contributed by atoms with Crippen LogP contribution in [0.3, 0.4) is 0 Å². The Balaban J connectivity index is 2.11. The summed E-state index contributed by atoms with van der Waals surface area (Å²) in [5, 5.41) is 4.17. The Morgan fingerprint density at radius 1 is 1.07 bits per heavy atom. The summed E-state index contributed by atoms with van der Waals surface area (Å²) in [4.78, 5) is 12.7. The number of hydrogen-bond donors (Lipinski definition) is 1. The van der Waals surface area contributed by atoms with E-state index in [2.05, 4.69) is 28.2 Å². The monoisotopic (exact) mass is 380 g/mol. The molecule has 148 valence electrons. The van der Waals surface area contributed by atoms with Gasteiger partial charge < -0.3 is 19.4 Å². The summed E-state index contributed by atoms with van der Waals surface area (Å²) in [6, 6.07) is 14.2. The molecule has 0 aliphatic rings. The minimum absolute atomic E-state index is 0.0303. The van der Waals surface area contributed by atoms with Gasteiger partial charge in [0.05, 0.1) is 14.2 Å². The number of ether oxygens (including phenoxy) is 2. The molecule has 1 atom stereocenters. The molecule has 0 saturated carbocycles. The quantitative estimate of drug-likeness (QED) is 0.667. The lowest BCUT2D eigenvalue weighted by Gasteiger charge is -2.20. The molecule has 0 aliphatic heterocycles. The average Bonchev–Trinajstić information content (AvgIpc) is 3.02. The number of methoxy groups -OCH3 is 2. The largest absolute Gasteiger partial charge is 0.493 e. The van der Waals surface area contributed by atoms with E-state index in [9.17, 15) is 4.79 Å². The first-order valence-electron chi connectivity index (χ1n) is 9.49. The van der Waals surface area contributed by atoms with Crippen LogP contribution in [0, 0.1) is 0 Å². The molecular formula is C23H28N2O3. The molecule has 5 nitrogen and oxygen atoms in total. The van der Waals surface area contributed by atoms with Gasteiger partial charge in [0.25, 0.3) is 0 Å². The number of carbonyl (C=O) groups is 1.